The first-order valence-electron chi connectivity index (χ1n) is 8.33. The summed E-state index contributed by atoms with van der Waals surface area (Å²) < 4.78 is 24.0. The van der Waals surface area contributed by atoms with Crippen LogP contribution in [0.1, 0.15) is 29.6 Å². The molecule has 132 valence electrons. The first-order valence-corrected chi connectivity index (χ1v) is 8.33. The van der Waals surface area contributed by atoms with Gasteiger partial charge in [-0.15, -0.1) is 0 Å². The lowest BCUT2D eigenvalue weighted by Gasteiger charge is -2.39. The summed E-state index contributed by atoms with van der Waals surface area (Å²) in [6.45, 7) is 1.78. The van der Waals surface area contributed by atoms with Gasteiger partial charge in [-0.3, -0.25) is 4.79 Å². The summed E-state index contributed by atoms with van der Waals surface area (Å²) in [5.41, 5.74) is 0.208. The fourth-order valence-electron chi connectivity index (χ4n) is 3.63. The number of piperidine rings is 1. The van der Waals surface area contributed by atoms with Gasteiger partial charge in [0.2, 0.25) is 5.95 Å². The summed E-state index contributed by atoms with van der Waals surface area (Å²) in [5.74, 6) is -0.116. The number of nitrogens with zero attached hydrogens (tertiary/aromatic N) is 3. The normalized spacial score (nSPS) is 26.1. The molecule has 2 aliphatic heterocycles. The van der Waals surface area contributed by atoms with Gasteiger partial charge in [0.25, 0.3) is 5.91 Å². The first kappa shape index (κ1) is 16.0. The lowest BCUT2D eigenvalue weighted by Crippen LogP contribution is -2.50. The number of anilines is 1. The monoisotopic (exact) mass is 346 g/mol. The standard InChI is InChI=1S/C17H19FN4O3/c18-13-7-19-16(20-8-13)21-14-6-17(25-10-14)3-1-4-22(11-17)15(23)12-2-5-24-9-12/h2,5,7-9,14H,1,3-4,6,10-11H2,(H,19,20,21)/t14-,17-/m0/s1. The maximum Gasteiger partial charge on any atom is 0.257 e. The van der Waals surface area contributed by atoms with Gasteiger partial charge in [-0.25, -0.2) is 14.4 Å². The summed E-state index contributed by atoms with van der Waals surface area (Å²) in [6, 6.07) is 1.71. The molecule has 0 bridgehead atoms. The van der Waals surface area contributed by atoms with E-state index in [1.54, 1.807) is 6.07 Å². The van der Waals surface area contributed by atoms with Crippen LogP contribution in [-0.2, 0) is 4.74 Å². The van der Waals surface area contributed by atoms with Gasteiger partial charge in [-0.1, -0.05) is 0 Å². The largest absolute Gasteiger partial charge is 0.472 e. The topological polar surface area (TPSA) is 80.5 Å². The summed E-state index contributed by atoms with van der Waals surface area (Å²) in [6.07, 6.45) is 7.79. The number of likely N-dealkylation sites (tertiary alicyclic amines) is 1. The zero-order valence-electron chi connectivity index (χ0n) is 13.7. The molecule has 1 amide bonds. The van der Waals surface area contributed by atoms with Crippen LogP contribution in [0.15, 0.2) is 35.4 Å². The van der Waals surface area contributed by atoms with E-state index in [0.29, 0.717) is 31.2 Å². The minimum Gasteiger partial charge on any atom is -0.472 e. The van der Waals surface area contributed by atoms with Crippen molar-refractivity contribution in [3.8, 4) is 0 Å². The molecule has 2 saturated heterocycles. The lowest BCUT2D eigenvalue weighted by molar-refractivity contribution is -0.0447. The number of ether oxygens (including phenoxy) is 1. The Bertz CT molecular complexity index is 737. The van der Waals surface area contributed by atoms with Crippen LogP contribution in [0, 0.1) is 5.82 Å². The van der Waals surface area contributed by atoms with Crippen LogP contribution < -0.4 is 5.32 Å². The van der Waals surface area contributed by atoms with Crippen molar-refractivity contribution in [3.63, 3.8) is 0 Å². The second kappa shape index (κ2) is 6.44. The summed E-state index contributed by atoms with van der Waals surface area (Å²) >= 11 is 0. The fraction of sp³-hybridized carbons (Fsp3) is 0.471. The molecule has 8 heteroatoms. The maximum atomic E-state index is 12.9. The Labute approximate surface area is 144 Å². The molecule has 2 atom stereocenters. The van der Waals surface area contributed by atoms with Crippen LogP contribution in [0.25, 0.3) is 0 Å². The van der Waals surface area contributed by atoms with Crippen molar-refractivity contribution in [1.29, 1.82) is 0 Å². The third kappa shape index (κ3) is 3.34. The highest BCUT2D eigenvalue weighted by Gasteiger charge is 2.44. The summed E-state index contributed by atoms with van der Waals surface area (Å²) in [5, 5.41) is 3.18. The van der Waals surface area contributed by atoms with Crippen molar-refractivity contribution in [2.75, 3.05) is 25.0 Å². The summed E-state index contributed by atoms with van der Waals surface area (Å²) in [4.78, 5) is 22.2. The fourth-order valence-corrected chi connectivity index (χ4v) is 3.63. The van der Waals surface area contributed by atoms with E-state index < -0.39 is 5.82 Å². The van der Waals surface area contributed by atoms with Gasteiger partial charge < -0.3 is 19.4 Å². The minimum absolute atomic E-state index is 0.0327. The number of aromatic nitrogens is 2. The molecule has 1 spiro atoms. The molecule has 0 saturated carbocycles. The number of carbonyl (C=O) groups excluding carboxylic acids is 1. The van der Waals surface area contributed by atoms with Crippen LogP contribution >= 0.6 is 0 Å². The Morgan fingerprint density at radius 3 is 3.00 bits per heavy atom. The molecule has 25 heavy (non-hydrogen) atoms. The number of nitrogens with one attached hydrogen (secondary N) is 1. The van der Waals surface area contributed by atoms with E-state index in [0.717, 1.165) is 31.7 Å². The zero-order chi connectivity index (χ0) is 17.3. The molecular formula is C17H19FN4O3. The van der Waals surface area contributed by atoms with E-state index in [4.69, 9.17) is 9.15 Å². The smallest absolute Gasteiger partial charge is 0.257 e. The molecule has 2 aromatic rings. The third-order valence-corrected chi connectivity index (χ3v) is 4.76. The van der Waals surface area contributed by atoms with Crippen LogP contribution in [0.5, 0.6) is 0 Å². The second-order valence-corrected chi connectivity index (χ2v) is 6.61. The zero-order valence-corrected chi connectivity index (χ0v) is 13.7. The van der Waals surface area contributed by atoms with E-state index in [-0.39, 0.29) is 17.6 Å². The van der Waals surface area contributed by atoms with Crippen molar-refractivity contribution in [3.05, 3.63) is 42.4 Å². The van der Waals surface area contributed by atoms with Crippen LogP contribution in [-0.4, -0.2) is 52.1 Å². The molecule has 1 N–H and O–H groups in total. The van der Waals surface area contributed by atoms with Gasteiger partial charge in [0, 0.05) is 13.0 Å². The minimum atomic E-state index is -0.467. The van der Waals surface area contributed by atoms with E-state index >= 15 is 0 Å². The maximum absolute atomic E-state index is 12.9. The van der Waals surface area contributed by atoms with Crippen molar-refractivity contribution in [2.24, 2.45) is 0 Å². The Balaban J connectivity index is 1.40. The first-order chi connectivity index (χ1) is 12.1. The second-order valence-electron chi connectivity index (χ2n) is 6.61. The lowest BCUT2D eigenvalue weighted by atomic mass is 9.88. The molecule has 2 aromatic heterocycles. The molecule has 4 rings (SSSR count). The molecule has 0 aromatic carbocycles. The van der Waals surface area contributed by atoms with Crippen molar-refractivity contribution in [1.82, 2.24) is 14.9 Å². The number of hydrogen-bond donors (Lipinski definition) is 1. The average molecular weight is 346 g/mol. The van der Waals surface area contributed by atoms with Gasteiger partial charge in [0.05, 0.1) is 49.0 Å². The molecule has 0 aliphatic carbocycles. The van der Waals surface area contributed by atoms with Crippen molar-refractivity contribution in [2.45, 2.75) is 30.9 Å². The number of amides is 1. The van der Waals surface area contributed by atoms with Crippen LogP contribution in [0.4, 0.5) is 10.3 Å². The van der Waals surface area contributed by atoms with E-state index in [2.05, 4.69) is 15.3 Å². The molecule has 4 heterocycles. The van der Waals surface area contributed by atoms with Crippen molar-refractivity contribution < 1.29 is 18.3 Å². The SMILES string of the molecule is O=C(c1ccoc1)N1CCC[C@]2(C[C@H](Nc3ncc(F)cn3)CO2)C1. The Morgan fingerprint density at radius 1 is 1.40 bits per heavy atom. The Kier molecular flexibility index (Phi) is 4.12. The van der Waals surface area contributed by atoms with E-state index in [1.165, 1.54) is 12.5 Å². The average Bonchev–Trinajstić information content (AvgIpc) is 3.27. The van der Waals surface area contributed by atoms with E-state index in [1.807, 2.05) is 4.90 Å². The number of hydrogen-bond acceptors (Lipinski definition) is 6. The molecule has 2 fully saturated rings. The number of furan rings is 1. The highest BCUT2D eigenvalue weighted by molar-refractivity contribution is 5.93. The Morgan fingerprint density at radius 2 is 2.24 bits per heavy atom. The predicted octanol–water partition coefficient (Wildman–Crippen LogP) is 2.08. The third-order valence-electron chi connectivity index (χ3n) is 4.76. The highest BCUT2D eigenvalue weighted by Crippen LogP contribution is 2.36. The molecule has 2 aliphatic rings. The van der Waals surface area contributed by atoms with Gasteiger partial charge >= 0.3 is 0 Å². The molecule has 0 unspecified atom stereocenters. The molecule has 7 nitrogen and oxygen atoms in total. The molecule has 0 radical (unpaired) electrons. The molecular weight excluding hydrogens is 327 g/mol. The highest BCUT2D eigenvalue weighted by atomic mass is 19.1. The van der Waals surface area contributed by atoms with Gasteiger partial charge in [0.15, 0.2) is 5.82 Å². The quantitative estimate of drug-likeness (QED) is 0.917. The van der Waals surface area contributed by atoms with E-state index in [9.17, 15) is 9.18 Å². The van der Waals surface area contributed by atoms with Crippen LogP contribution in [0.3, 0.4) is 0 Å². The Hall–Kier alpha value is -2.48. The number of carbonyl (C=O) groups is 1. The number of halogens is 1. The van der Waals surface area contributed by atoms with Crippen molar-refractivity contribution >= 4 is 11.9 Å². The van der Waals surface area contributed by atoms with Gasteiger partial charge in [0.1, 0.15) is 6.26 Å². The van der Waals surface area contributed by atoms with Gasteiger partial charge in [-0.2, -0.15) is 0 Å². The predicted molar refractivity (Wildman–Crippen MR) is 86.5 cm³/mol. The summed E-state index contributed by atoms with van der Waals surface area (Å²) in [7, 11) is 0. The number of rotatable bonds is 3. The van der Waals surface area contributed by atoms with Gasteiger partial charge in [-0.05, 0) is 18.9 Å². The van der Waals surface area contributed by atoms with Crippen LogP contribution in [0.2, 0.25) is 0 Å².